The minimum absolute atomic E-state index is 0.133. The van der Waals surface area contributed by atoms with Crippen LogP contribution in [0.5, 0.6) is 0 Å². The van der Waals surface area contributed by atoms with Gasteiger partial charge in [0.15, 0.2) is 5.13 Å². The first-order chi connectivity index (χ1) is 8.62. The van der Waals surface area contributed by atoms with E-state index in [9.17, 15) is 8.42 Å². The molecule has 0 aliphatic heterocycles. The van der Waals surface area contributed by atoms with Gasteiger partial charge in [-0.2, -0.15) is 5.10 Å². The van der Waals surface area contributed by atoms with Gasteiger partial charge in [-0.05, 0) is 7.05 Å². The number of anilines is 1. The maximum Gasteiger partial charge on any atom is 0.266 e. The molecule has 0 aromatic carbocycles. The van der Waals surface area contributed by atoms with E-state index in [0.717, 1.165) is 6.54 Å². The number of aromatic nitrogens is 3. The molecule has 18 heavy (non-hydrogen) atoms. The molecule has 0 spiro atoms. The lowest BCUT2D eigenvalue weighted by atomic mass is 10.6. The molecule has 0 saturated heterocycles. The van der Waals surface area contributed by atoms with Gasteiger partial charge in [0.05, 0.1) is 12.7 Å². The molecule has 9 heteroatoms. The van der Waals surface area contributed by atoms with Crippen LogP contribution < -0.4 is 10.0 Å². The predicted molar refractivity (Wildman–Crippen MR) is 69.1 cm³/mol. The van der Waals surface area contributed by atoms with Crippen LogP contribution in [-0.4, -0.2) is 36.8 Å². The van der Waals surface area contributed by atoms with Gasteiger partial charge in [0, 0.05) is 24.3 Å². The van der Waals surface area contributed by atoms with Crippen molar-refractivity contribution in [3.8, 4) is 0 Å². The van der Waals surface area contributed by atoms with E-state index < -0.39 is 10.0 Å². The van der Waals surface area contributed by atoms with Crippen LogP contribution in [0.1, 0.15) is 0 Å². The Hall–Kier alpha value is -1.45. The maximum absolute atomic E-state index is 12.0. The van der Waals surface area contributed by atoms with E-state index in [1.807, 2.05) is 7.05 Å². The number of likely N-dealkylation sites (N-methyl/N-ethyl adjacent to an activating group) is 1. The molecule has 7 nitrogen and oxygen atoms in total. The topological polar surface area (TPSA) is 88.9 Å². The molecule has 2 aromatic rings. The van der Waals surface area contributed by atoms with E-state index in [1.54, 1.807) is 16.3 Å². The molecule has 0 saturated carbocycles. The Labute approximate surface area is 109 Å². The zero-order chi connectivity index (χ0) is 13.0. The first-order valence-corrected chi connectivity index (χ1v) is 7.57. The summed E-state index contributed by atoms with van der Waals surface area (Å²) in [6.07, 6.45) is 4.36. The number of rotatable bonds is 6. The van der Waals surface area contributed by atoms with Crippen LogP contribution in [0.2, 0.25) is 0 Å². The van der Waals surface area contributed by atoms with E-state index >= 15 is 0 Å². The van der Waals surface area contributed by atoms with Gasteiger partial charge >= 0.3 is 0 Å². The van der Waals surface area contributed by atoms with Crippen LogP contribution in [-0.2, 0) is 16.6 Å². The molecule has 2 heterocycles. The zero-order valence-corrected chi connectivity index (χ0v) is 11.3. The van der Waals surface area contributed by atoms with E-state index in [-0.39, 0.29) is 4.90 Å². The number of nitrogens with zero attached hydrogens (tertiary/aromatic N) is 3. The molecule has 2 N–H and O–H groups in total. The average molecular weight is 287 g/mol. The van der Waals surface area contributed by atoms with Gasteiger partial charge in [-0.1, -0.05) is 0 Å². The molecule has 98 valence electrons. The van der Waals surface area contributed by atoms with Gasteiger partial charge < -0.3 is 5.32 Å². The van der Waals surface area contributed by atoms with Crippen LogP contribution in [0, 0.1) is 0 Å². The molecular formula is C9H13N5O2S2. The van der Waals surface area contributed by atoms with Gasteiger partial charge in [0.2, 0.25) is 0 Å². The highest BCUT2D eigenvalue weighted by atomic mass is 32.2. The first-order valence-electron chi connectivity index (χ1n) is 5.21. The summed E-state index contributed by atoms with van der Waals surface area (Å²) in [4.78, 5) is 4.01. The van der Waals surface area contributed by atoms with Gasteiger partial charge in [0.25, 0.3) is 10.0 Å². The van der Waals surface area contributed by atoms with Gasteiger partial charge in [-0.3, -0.25) is 9.40 Å². The second kappa shape index (κ2) is 5.46. The van der Waals surface area contributed by atoms with Gasteiger partial charge in [0.1, 0.15) is 4.90 Å². The first kappa shape index (κ1) is 13.0. The third-order valence-electron chi connectivity index (χ3n) is 2.16. The van der Waals surface area contributed by atoms with E-state index in [1.165, 1.54) is 23.7 Å². The second-order valence-electron chi connectivity index (χ2n) is 3.49. The van der Waals surface area contributed by atoms with Crippen LogP contribution in [0.4, 0.5) is 5.13 Å². The number of hydrogen-bond acceptors (Lipinski definition) is 6. The fourth-order valence-electron chi connectivity index (χ4n) is 1.28. The highest BCUT2D eigenvalue weighted by Crippen LogP contribution is 2.17. The van der Waals surface area contributed by atoms with Crippen molar-refractivity contribution in [2.24, 2.45) is 0 Å². The summed E-state index contributed by atoms with van der Waals surface area (Å²) in [7, 11) is -1.77. The molecule has 0 atom stereocenters. The summed E-state index contributed by atoms with van der Waals surface area (Å²) in [6.45, 7) is 1.34. The molecule has 0 aliphatic carbocycles. The molecule has 0 fully saturated rings. The van der Waals surface area contributed by atoms with Crippen molar-refractivity contribution in [2.75, 3.05) is 18.3 Å². The van der Waals surface area contributed by atoms with Crippen LogP contribution in [0.15, 0.2) is 28.9 Å². The predicted octanol–water partition coefficient (Wildman–Crippen LogP) is 0.360. The number of hydrogen-bond donors (Lipinski definition) is 2. The molecule has 0 aliphatic rings. The lowest BCUT2D eigenvalue weighted by molar-refractivity contribution is 0.582. The summed E-state index contributed by atoms with van der Waals surface area (Å²) in [5.41, 5.74) is 0. The highest BCUT2D eigenvalue weighted by Gasteiger charge is 2.17. The third-order valence-corrected chi connectivity index (χ3v) is 4.28. The van der Waals surface area contributed by atoms with E-state index in [2.05, 4.69) is 20.1 Å². The van der Waals surface area contributed by atoms with Crippen molar-refractivity contribution >= 4 is 26.5 Å². The monoisotopic (exact) mass is 287 g/mol. The summed E-state index contributed by atoms with van der Waals surface area (Å²) >= 11 is 1.23. The van der Waals surface area contributed by atoms with E-state index in [4.69, 9.17) is 0 Å². The third kappa shape index (κ3) is 3.06. The Kier molecular flexibility index (Phi) is 3.94. The largest absolute Gasteiger partial charge is 0.318 e. The Morgan fingerprint density at radius 2 is 2.33 bits per heavy atom. The average Bonchev–Trinajstić information content (AvgIpc) is 2.96. The molecule has 0 unspecified atom stereocenters. The lowest BCUT2D eigenvalue weighted by Crippen LogP contribution is -2.15. The molecule has 2 rings (SSSR count). The SMILES string of the molecule is CNCCn1cc(S(=O)(=O)Nc2nccs2)cn1. The smallest absolute Gasteiger partial charge is 0.266 e. The molecule has 0 amide bonds. The van der Waals surface area contributed by atoms with Crippen LogP contribution >= 0.6 is 11.3 Å². The Bertz CT molecular complexity index is 590. The Morgan fingerprint density at radius 3 is 3.00 bits per heavy atom. The molecule has 0 bridgehead atoms. The minimum Gasteiger partial charge on any atom is -0.318 e. The highest BCUT2D eigenvalue weighted by molar-refractivity contribution is 7.93. The van der Waals surface area contributed by atoms with Crippen LogP contribution in [0.25, 0.3) is 0 Å². The molecule has 0 radical (unpaired) electrons. The minimum atomic E-state index is -3.59. The van der Waals surface area contributed by atoms with Crippen molar-refractivity contribution in [1.29, 1.82) is 0 Å². The van der Waals surface area contributed by atoms with Crippen molar-refractivity contribution in [3.05, 3.63) is 24.0 Å². The van der Waals surface area contributed by atoms with Gasteiger partial charge in [-0.25, -0.2) is 13.4 Å². The Morgan fingerprint density at radius 1 is 1.50 bits per heavy atom. The van der Waals surface area contributed by atoms with Crippen molar-refractivity contribution in [3.63, 3.8) is 0 Å². The van der Waals surface area contributed by atoms with Crippen molar-refractivity contribution in [2.45, 2.75) is 11.4 Å². The normalized spacial score (nSPS) is 11.6. The lowest BCUT2D eigenvalue weighted by Gasteiger charge is -2.01. The zero-order valence-electron chi connectivity index (χ0n) is 9.70. The number of thiazole rings is 1. The molecular weight excluding hydrogens is 274 g/mol. The quantitative estimate of drug-likeness (QED) is 0.801. The molecule has 2 aromatic heterocycles. The number of nitrogens with one attached hydrogen (secondary N) is 2. The standard InChI is InChI=1S/C9H13N5O2S2/c1-10-2-4-14-7-8(6-12-14)18(15,16)13-9-11-3-5-17-9/h3,5-7,10H,2,4H2,1H3,(H,11,13). The summed E-state index contributed by atoms with van der Waals surface area (Å²) in [6, 6.07) is 0. The van der Waals surface area contributed by atoms with Crippen molar-refractivity contribution in [1.82, 2.24) is 20.1 Å². The fraction of sp³-hybridized carbons (Fsp3) is 0.333. The number of sulfonamides is 1. The van der Waals surface area contributed by atoms with Gasteiger partial charge in [-0.15, -0.1) is 11.3 Å². The second-order valence-corrected chi connectivity index (χ2v) is 6.06. The summed E-state index contributed by atoms with van der Waals surface area (Å²) in [5, 5.41) is 9.00. The summed E-state index contributed by atoms with van der Waals surface area (Å²) < 4.78 is 27.9. The van der Waals surface area contributed by atoms with Crippen molar-refractivity contribution < 1.29 is 8.42 Å². The Balaban J connectivity index is 2.12. The maximum atomic E-state index is 12.0. The fourth-order valence-corrected chi connectivity index (χ4v) is 3.02. The summed E-state index contributed by atoms with van der Waals surface area (Å²) in [5.74, 6) is 0. The van der Waals surface area contributed by atoms with Crippen LogP contribution in [0.3, 0.4) is 0 Å². The van der Waals surface area contributed by atoms with E-state index in [0.29, 0.717) is 11.7 Å².